The topological polar surface area (TPSA) is 84.7 Å². The molecule has 0 unspecified atom stereocenters. The first-order valence-corrected chi connectivity index (χ1v) is 7.42. The van der Waals surface area contributed by atoms with Gasteiger partial charge in [0.05, 0.1) is 5.41 Å². The molecule has 2 saturated heterocycles. The lowest BCUT2D eigenvalue weighted by molar-refractivity contribution is -0.148. The van der Waals surface area contributed by atoms with Gasteiger partial charge < -0.3 is 20.7 Å². The summed E-state index contributed by atoms with van der Waals surface area (Å²) >= 11 is 0. The number of nitrogens with two attached hydrogens (primary N) is 1. The smallest absolute Gasteiger partial charge is 0.230 e. The molecule has 6 heteroatoms. The van der Waals surface area contributed by atoms with Crippen molar-refractivity contribution in [1.29, 1.82) is 0 Å². The maximum absolute atomic E-state index is 12.7. The molecule has 2 aliphatic heterocycles. The number of piperidine rings is 1. The van der Waals surface area contributed by atoms with E-state index < -0.39 is 5.41 Å². The summed E-state index contributed by atoms with van der Waals surface area (Å²) < 4.78 is 5.35. The van der Waals surface area contributed by atoms with Gasteiger partial charge in [0.1, 0.15) is 0 Å². The quantitative estimate of drug-likeness (QED) is 0.755. The first-order valence-electron chi connectivity index (χ1n) is 7.42. The summed E-state index contributed by atoms with van der Waals surface area (Å²) in [5, 5.41) is 2.92. The van der Waals surface area contributed by atoms with Crippen LogP contribution in [0.1, 0.15) is 32.6 Å². The Hall–Kier alpha value is -1.14. The molecule has 0 radical (unpaired) electrons. The molecule has 20 heavy (non-hydrogen) atoms. The Morgan fingerprint density at radius 1 is 1.30 bits per heavy atom. The van der Waals surface area contributed by atoms with Gasteiger partial charge in [-0.2, -0.15) is 0 Å². The fraction of sp³-hybridized carbons (Fsp3) is 0.857. The van der Waals surface area contributed by atoms with Crippen LogP contribution in [0.3, 0.4) is 0 Å². The van der Waals surface area contributed by atoms with Crippen LogP contribution in [0, 0.1) is 5.41 Å². The first kappa shape index (κ1) is 15.3. The molecule has 0 bridgehead atoms. The number of carbonyl (C=O) groups excluding carboxylic acids is 2. The summed E-state index contributed by atoms with van der Waals surface area (Å²) in [7, 11) is 0. The number of rotatable bonds is 3. The van der Waals surface area contributed by atoms with Crippen LogP contribution in [-0.2, 0) is 14.3 Å². The third kappa shape index (κ3) is 3.30. The van der Waals surface area contributed by atoms with Crippen LogP contribution in [0.4, 0.5) is 0 Å². The van der Waals surface area contributed by atoms with E-state index in [-0.39, 0.29) is 17.9 Å². The standard InChI is InChI=1S/C14H25N3O3/c1-11(18)16-12-2-6-17(7-3-12)13(19)14(10-15)4-8-20-9-5-14/h12H,2-10,15H2,1H3,(H,16,18). The Bertz CT molecular complexity index is 359. The first-order chi connectivity index (χ1) is 9.57. The minimum atomic E-state index is -0.431. The fourth-order valence-electron chi connectivity index (χ4n) is 3.12. The van der Waals surface area contributed by atoms with Gasteiger partial charge in [0.15, 0.2) is 0 Å². The summed E-state index contributed by atoms with van der Waals surface area (Å²) in [6, 6.07) is 0.195. The van der Waals surface area contributed by atoms with Crippen molar-refractivity contribution >= 4 is 11.8 Å². The number of hydrogen-bond donors (Lipinski definition) is 2. The van der Waals surface area contributed by atoms with E-state index in [1.54, 1.807) is 0 Å². The van der Waals surface area contributed by atoms with Gasteiger partial charge in [-0.25, -0.2) is 0 Å². The van der Waals surface area contributed by atoms with Crippen LogP contribution in [0.2, 0.25) is 0 Å². The second-order valence-corrected chi connectivity index (χ2v) is 5.86. The summed E-state index contributed by atoms with van der Waals surface area (Å²) in [4.78, 5) is 25.7. The molecule has 2 heterocycles. The lowest BCUT2D eigenvalue weighted by Crippen LogP contribution is -2.54. The van der Waals surface area contributed by atoms with Crippen LogP contribution >= 0.6 is 0 Å². The third-order valence-corrected chi connectivity index (χ3v) is 4.48. The number of amides is 2. The van der Waals surface area contributed by atoms with Crippen LogP contribution in [0.25, 0.3) is 0 Å². The van der Waals surface area contributed by atoms with Gasteiger partial charge in [-0.05, 0) is 25.7 Å². The van der Waals surface area contributed by atoms with Crippen molar-refractivity contribution in [2.75, 3.05) is 32.8 Å². The van der Waals surface area contributed by atoms with Gasteiger partial charge in [-0.1, -0.05) is 0 Å². The Balaban J connectivity index is 1.92. The molecule has 0 saturated carbocycles. The molecule has 0 aromatic heterocycles. The van der Waals surface area contributed by atoms with Crippen LogP contribution in [-0.4, -0.2) is 55.6 Å². The SMILES string of the molecule is CC(=O)NC1CCN(C(=O)C2(CN)CCOCC2)CC1. The lowest BCUT2D eigenvalue weighted by Gasteiger charge is -2.41. The van der Waals surface area contributed by atoms with Gasteiger partial charge in [0.2, 0.25) is 11.8 Å². The number of nitrogens with zero attached hydrogens (tertiary/aromatic N) is 1. The monoisotopic (exact) mass is 283 g/mol. The largest absolute Gasteiger partial charge is 0.381 e. The highest BCUT2D eigenvalue weighted by Crippen LogP contribution is 2.32. The third-order valence-electron chi connectivity index (χ3n) is 4.48. The minimum Gasteiger partial charge on any atom is -0.381 e. The van der Waals surface area contributed by atoms with Crippen molar-refractivity contribution in [2.45, 2.75) is 38.6 Å². The van der Waals surface area contributed by atoms with E-state index in [4.69, 9.17) is 10.5 Å². The molecule has 0 spiro atoms. The molecule has 2 aliphatic rings. The second kappa shape index (κ2) is 6.54. The normalized spacial score (nSPS) is 23.4. The van der Waals surface area contributed by atoms with Crippen molar-refractivity contribution in [2.24, 2.45) is 11.1 Å². The Morgan fingerprint density at radius 2 is 1.90 bits per heavy atom. The van der Waals surface area contributed by atoms with Crippen LogP contribution < -0.4 is 11.1 Å². The van der Waals surface area contributed by atoms with E-state index in [0.29, 0.717) is 45.7 Å². The average molecular weight is 283 g/mol. The second-order valence-electron chi connectivity index (χ2n) is 5.86. The Kier molecular flexibility index (Phi) is 4.99. The van der Waals surface area contributed by atoms with E-state index >= 15 is 0 Å². The number of hydrogen-bond acceptors (Lipinski definition) is 4. The minimum absolute atomic E-state index is 0.00219. The predicted octanol–water partition coefficient (Wildman–Crippen LogP) is -0.131. The van der Waals surface area contributed by atoms with Crippen molar-refractivity contribution in [3.63, 3.8) is 0 Å². The van der Waals surface area contributed by atoms with E-state index in [1.807, 2.05) is 4.90 Å². The zero-order valence-corrected chi connectivity index (χ0v) is 12.2. The molecule has 0 aliphatic carbocycles. The molecule has 2 rings (SSSR count). The molecule has 0 aromatic carbocycles. The van der Waals surface area contributed by atoms with Crippen LogP contribution in [0.15, 0.2) is 0 Å². The van der Waals surface area contributed by atoms with Crippen molar-refractivity contribution in [3.05, 3.63) is 0 Å². The molecule has 6 nitrogen and oxygen atoms in total. The molecule has 2 fully saturated rings. The van der Waals surface area contributed by atoms with Gasteiger partial charge >= 0.3 is 0 Å². The van der Waals surface area contributed by atoms with E-state index in [1.165, 1.54) is 6.92 Å². The van der Waals surface area contributed by atoms with E-state index in [9.17, 15) is 9.59 Å². The molecule has 0 aromatic rings. The summed E-state index contributed by atoms with van der Waals surface area (Å²) in [6.07, 6.45) is 3.08. The summed E-state index contributed by atoms with van der Waals surface area (Å²) in [5.74, 6) is 0.169. The maximum Gasteiger partial charge on any atom is 0.230 e. The van der Waals surface area contributed by atoms with E-state index in [2.05, 4.69) is 5.32 Å². The van der Waals surface area contributed by atoms with E-state index in [0.717, 1.165) is 12.8 Å². The van der Waals surface area contributed by atoms with Crippen molar-refractivity contribution in [1.82, 2.24) is 10.2 Å². The fourth-order valence-corrected chi connectivity index (χ4v) is 3.12. The molecule has 0 atom stereocenters. The number of ether oxygens (including phenoxy) is 1. The van der Waals surface area contributed by atoms with Gasteiger partial charge in [0, 0.05) is 45.8 Å². The number of carbonyl (C=O) groups is 2. The van der Waals surface area contributed by atoms with Gasteiger partial charge in [-0.3, -0.25) is 9.59 Å². The number of nitrogens with one attached hydrogen (secondary N) is 1. The Morgan fingerprint density at radius 3 is 2.40 bits per heavy atom. The summed E-state index contributed by atoms with van der Waals surface area (Å²) in [5.41, 5.74) is 5.45. The molecule has 3 N–H and O–H groups in total. The molecule has 2 amide bonds. The Labute approximate surface area is 120 Å². The highest BCUT2D eigenvalue weighted by molar-refractivity contribution is 5.83. The van der Waals surface area contributed by atoms with Crippen LogP contribution in [0.5, 0.6) is 0 Å². The summed E-state index contributed by atoms with van der Waals surface area (Å²) in [6.45, 7) is 4.55. The zero-order chi connectivity index (χ0) is 14.6. The van der Waals surface area contributed by atoms with Crippen molar-refractivity contribution < 1.29 is 14.3 Å². The predicted molar refractivity (Wildman–Crippen MR) is 75.0 cm³/mol. The molecular formula is C14H25N3O3. The highest BCUT2D eigenvalue weighted by Gasteiger charge is 2.42. The van der Waals surface area contributed by atoms with Gasteiger partial charge in [0.25, 0.3) is 0 Å². The molecular weight excluding hydrogens is 258 g/mol. The maximum atomic E-state index is 12.7. The van der Waals surface area contributed by atoms with Gasteiger partial charge in [-0.15, -0.1) is 0 Å². The zero-order valence-electron chi connectivity index (χ0n) is 12.2. The van der Waals surface area contributed by atoms with Crippen molar-refractivity contribution in [3.8, 4) is 0 Å². The number of likely N-dealkylation sites (tertiary alicyclic amines) is 1. The average Bonchev–Trinajstić information content (AvgIpc) is 2.47. The highest BCUT2D eigenvalue weighted by atomic mass is 16.5. The molecule has 114 valence electrons. The lowest BCUT2D eigenvalue weighted by atomic mass is 9.78.